The Balaban J connectivity index is 1.88. The Morgan fingerprint density at radius 1 is 1.50 bits per heavy atom. The van der Waals surface area contributed by atoms with Crippen molar-refractivity contribution in [2.75, 3.05) is 13.6 Å². The van der Waals surface area contributed by atoms with Gasteiger partial charge in [0.2, 0.25) is 0 Å². The zero-order valence-corrected chi connectivity index (χ0v) is 12.2. The molecule has 2 aliphatic rings. The summed E-state index contributed by atoms with van der Waals surface area (Å²) in [6.45, 7) is 7.81. The van der Waals surface area contributed by atoms with Gasteiger partial charge < -0.3 is 4.90 Å². The average molecular weight is 249 g/mol. The topological polar surface area (TPSA) is 39.1 Å². The normalized spacial score (nSPS) is 39.3. The van der Waals surface area contributed by atoms with Crippen molar-refractivity contribution in [1.29, 1.82) is 5.26 Å². The maximum atomic E-state index is 9.47. The quantitative estimate of drug-likeness (QED) is 0.813. The van der Waals surface area contributed by atoms with Crippen molar-refractivity contribution >= 4 is 0 Å². The third-order valence-electron chi connectivity index (χ3n) is 4.69. The predicted octanol–water partition coefficient (Wildman–Crippen LogP) is 2.39. The largest absolute Gasteiger partial charge is 0.303 e. The molecule has 2 aliphatic carbocycles. The molecule has 2 rings (SSSR count). The molecule has 0 saturated heterocycles. The molecule has 0 aliphatic heterocycles. The summed E-state index contributed by atoms with van der Waals surface area (Å²) in [5, 5.41) is 12.9. The lowest BCUT2D eigenvalue weighted by atomic mass is 9.98. The van der Waals surface area contributed by atoms with Crippen LogP contribution in [0.1, 0.15) is 46.5 Å². The van der Waals surface area contributed by atoms with Crippen molar-refractivity contribution in [1.82, 2.24) is 10.2 Å². The van der Waals surface area contributed by atoms with Gasteiger partial charge >= 0.3 is 0 Å². The van der Waals surface area contributed by atoms with E-state index in [1.807, 2.05) is 0 Å². The molecule has 3 nitrogen and oxygen atoms in total. The van der Waals surface area contributed by atoms with Crippen LogP contribution in [0.25, 0.3) is 0 Å². The van der Waals surface area contributed by atoms with Crippen LogP contribution in [0.5, 0.6) is 0 Å². The molecule has 0 aromatic heterocycles. The summed E-state index contributed by atoms with van der Waals surface area (Å²) in [6, 6.07) is 3.51. The zero-order valence-electron chi connectivity index (χ0n) is 12.2. The van der Waals surface area contributed by atoms with E-state index in [0.29, 0.717) is 12.1 Å². The van der Waals surface area contributed by atoms with Crippen LogP contribution in [0, 0.1) is 23.2 Å². The fraction of sp³-hybridized carbons (Fsp3) is 0.933. The third kappa shape index (κ3) is 3.05. The van der Waals surface area contributed by atoms with E-state index in [2.05, 4.69) is 44.1 Å². The van der Waals surface area contributed by atoms with E-state index in [0.717, 1.165) is 31.1 Å². The first kappa shape index (κ1) is 13.8. The van der Waals surface area contributed by atoms with Crippen LogP contribution in [-0.4, -0.2) is 36.1 Å². The second kappa shape index (κ2) is 5.19. The van der Waals surface area contributed by atoms with Gasteiger partial charge in [0.1, 0.15) is 5.54 Å². The summed E-state index contributed by atoms with van der Waals surface area (Å²) in [5.74, 6) is 1.83. The van der Waals surface area contributed by atoms with Gasteiger partial charge in [-0.25, -0.2) is 0 Å². The summed E-state index contributed by atoms with van der Waals surface area (Å²) in [6.07, 6.45) is 4.53. The highest BCUT2D eigenvalue weighted by atomic mass is 15.2. The Hall–Kier alpha value is -0.590. The molecule has 0 radical (unpaired) electrons. The molecule has 4 unspecified atom stereocenters. The zero-order chi connectivity index (χ0) is 13.3. The lowest BCUT2D eigenvalue weighted by Crippen LogP contribution is -2.47. The molecule has 18 heavy (non-hydrogen) atoms. The Labute approximate surface area is 112 Å². The van der Waals surface area contributed by atoms with Gasteiger partial charge in [0.15, 0.2) is 0 Å². The molecule has 0 bridgehead atoms. The summed E-state index contributed by atoms with van der Waals surface area (Å²) in [7, 11) is 2.23. The summed E-state index contributed by atoms with van der Waals surface area (Å²) < 4.78 is 0. The minimum Gasteiger partial charge on any atom is -0.303 e. The van der Waals surface area contributed by atoms with E-state index in [1.165, 1.54) is 13.0 Å². The molecule has 2 fully saturated rings. The van der Waals surface area contributed by atoms with Crippen LogP contribution in [-0.2, 0) is 0 Å². The fourth-order valence-electron chi connectivity index (χ4n) is 3.39. The van der Waals surface area contributed by atoms with Crippen LogP contribution < -0.4 is 5.32 Å². The number of nitrogens with one attached hydrogen (secondary N) is 1. The van der Waals surface area contributed by atoms with Gasteiger partial charge in [-0.3, -0.25) is 5.32 Å². The first-order chi connectivity index (χ1) is 8.46. The van der Waals surface area contributed by atoms with Crippen LogP contribution in [0.4, 0.5) is 0 Å². The van der Waals surface area contributed by atoms with E-state index in [-0.39, 0.29) is 5.54 Å². The van der Waals surface area contributed by atoms with Crippen molar-refractivity contribution in [2.45, 2.75) is 64.1 Å². The molecule has 4 atom stereocenters. The third-order valence-corrected chi connectivity index (χ3v) is 4.69. The van der Waals surface area contributed by atoms with Crippen LogP contribution in [0.3, 0.4) is 0 Å². The molecule has 0 heterocycles. The number of hydrogen-bond acceptors (Lipinski definition) is 3. The van der Waals surface area contributed by atoms with Gasteiger partial charge in [-0.1, -0.05) is 6.92 Å². The molecular formula is C15H27N3. The Kier molecular flexibility index (Phi) is 3.99. The van der Waals surface area contributed by atoms with Gasteiger partial charge in [0.25, 0.3) is 0 Å². The Morgan fingerprint density at radius 3 is 2.67 bits per heavy atom. The lowest BCUT2D eigenvalue weighted by Gasteiger charge is -2.28. The van der Waals surface area contributed by atoms with E-state index < -0.39 is 0 Å². The molecule has 3 heteroatoms. The smallest absolute Gasteiger partial charge is 0.108 e. The number of rotatable bonds is 5. The Morgan fingerprint density at radius 2 is 2.17 bits per heavy atom. The van der Waals surface area contributed by atoms with Crippen LogP contribution in [0.2, 0.25) is 0 Å². The van der Waals surface area contributed by atoms with Gasteiger partial charge in [-0.05, 0) is 58.4 Å². The van der Waals surface area contributed by atoms with Gasteiger partial charge in [-0.2, -0.15) is 5.26 Å². The minimum atomic E-state index is -0.276. The minimum absolute atomic E-state index is 0.276. The molecule has 0 aromatic carbocycles. The molecule has 102 valence electrons. The fourth-order valence-corrected chi connectivity index (χ4v) is 3.39. The van der Waals surface area contributed by atoms with E-state index >= 15 is 0 Å². The number of nitriles is 1. The van der Waals surface area contributed by atoms with Crippen molar-refractivity contribution < 1.29 is 0 Å². The summed E-state index contributed by atoms with van der Waals surface area (Å²) >= 11 is 0. The predicted molar refractivity (Wildman–Crippen MR) is 74.2 cm³/mol. The van der Waals surface area contributed by atoms with Crippen molar-refractivity contribution in [3.8, 4) is 6.07 Å². The molecule has 0 amide bonds. The second-order valence-corrected chi connectivity index (χ2v) is 6.80. The van der Waals surface area contributed by atoms with Gasteiger partial charge in [0, 0.05) is 18.6 Å². The van der Waals surface area contributed by atoms with Crippen LogP contribution >= 0.6 is 0 Å². The first-order valence-electron chi connectivity index (χ1n) is 7.35. The molecule has 2 saturated carbocycles. The van der Waals surface area contributed by atoms with E-state index in [1.54, 1.807) is 0 Å². The molecule has 1 N–H and O–H groups in total. The number of hydrogen-bond donors (Lipinski definition) is 1. The van der Waals surface area contributed by atoms with Crippen LogP contribution in [0.15, 0.2) is 0 Å². The Bertz CT molecular complexity index is 333. The lowest BCUT2D eigenvalue weighted by molar-refractivity contribution is 0.222. The number of nitrogens with zero attached hydrogens (tertiary/aromatic N) is 2. The first-order valence-corrected chi connectivity index (χ1v) is 7.35. The highest BCUT2D eigenvalue weighted by Gasteiger charge is 2.42. The van der Waals surface area contributed by atoms with Gasteiger partial charge in [0.05, 0.1) is 6.07 Å². The van der Waals surface area contributed by atoms with Gasteiger partial charge in [-0.15, -0.1) is 0 Å². The molecular weight excluding hydrogens is 222 g/mol. The average Bonchev–Trinajstić information content (AvgIpc) is 2.83. The summed E-state index contributed by atoms with van der Waals surface area (Å²) in [4.78, 5) is 2.50. The highest BCUT2D eigenvalue weighted by Crippen LogP contribution is 2.40. The highest BCUT2D eigenvalue weighted by molar-refractivity contribution is 5.14. The van der Waals surface area contributed by atoms with E-state index in [9.17, 15) is 5.26 Å². The van der Waals surface area contributed by atoms with Crippen molar-refractivity contribution in [3.63, 3.8) is 0 Å². The summed E-state index contributed by atoms with van der Waals surface area (Å²) in [5.41, 5.74) is -0.276. The maximum absolute atomic E-state index is 9.47. The monoisotopic (exact) mass is 249 g/mol. The standard InChI is InChI=1S/C15H27N3/c1-11(2)17-15(10-16)6-5-14(8-15)18(4)9-13-7-12(13)3/h11-14,17H,5-9H2,1-4H3. The van der Waals surface area contributed by atoms with E-state index in [4.69, 9.17) is 0 Å². The maximum Gasteiger partial charge on any atom is 0.108 e. The SMILES string of the molecule is CC(C)NC1(C#N)CCC(N(C)CC2CC2C)C1. The molecule has 0 aromatic rings. The van der Waals surface area contributed by atoms with Crippen molar-refractivity contribution in [3.05, 3.63) is 0 Å². The molecule has 0 spiro atoms. The second-order valence-electron chi connectivity index (χ2n) is 6.80. The van der Waals surface area contributed by atoms with Crippen molar-refractivity contribution in [2.24, 2.45) is 11.8 Å².